The number of fused-ring (bicyclic) bond motifs is 1. The SMILES string of the molecule is CC1(c2noc([C@@H]3Cc4ccccc4CN3)n2)CC1. The highest BCUT2D eigenvalue weighted by Gasteiger charge is 2.44. The van der Waals surface area contributed by atoms with Gasteiger partial charge in [-0.2, -0.15) is 4.98 Å². The van der Waals surface area contributed by atoms with Crippen molar-refractivity contribution in [1.82, 2.24) is 15.5 Å². The molecule has 4 rings (SSSR count). The Morgan fingerprint density at radius 2 is 2.05 bits per heavy atom. The number of rotatable bonds is 2. The van der Waals surface area contributed by atoms with E-state index >= 15 is 0 Å². The lowest BCUT2D eigenvalue weighted by Gasteiger charge is -2.23. The molecule has 0 amide bonds. The molecule has 1 atom stereocenters. The molecule has 98 valence electrons. The van der Waals surface area contributed by atoms with Gasteiger partial charge >= 0.3 is 0 Å². The van der Waals surface area contributed by atoms with Crippen molar-refractivity contribution in [2.75, 3.05) is 0 Å². The van der Waals surface area contributed by atoms with Gasteiger partial charge < -0.3 is 9.84 Å². The van der Waals surface area contributed by atoms with Gasteiger partial charge in [-0.3, -0.25) is 0 Å². The third-order valence-electron chi connectivity index (χ3n) is 4.36. The van der Waals surface area contributed by atoms with E-state index in [0.29, 0.717) is 0 Å². The molecule has 1 aliphatic heterocycles. The fourth-order valence-corrected chi connectivity index (χ4v) is 2.66. The van der Waals surface area contributed by atoms with Gasteiger partial charge in [-0.1, -0.05) is 36.3 Å². The van der Waals surface area contributed by atoms with Crippen molar-refractivity contribution in [2.24, 2.45) is 0 Å². The Hall–Kier alpha value is -1.68. The first kappa shape index (κ1) is 11.2. The summed E-state index contributed by atoms with van der Waals surface area (Å²) in [5, 5.41) is 7.64. The molecule has 1 aromatic carbocycles. The molecule has 1 fully saturated rings. The predicted octanol–water partition coefficient (Wildman–Crippen LogP) is 2.51. The Morgan fingerprint density at radius 1 is 1.26 bits per heavy atom. The van der Waals surface area contributed by atoms with E-state index < -0.39 is 0 Å². The van der Waals surface area contributed by atoms with Gasteiger partial charge in [0.1, 0.15) is 0 Å². The molecule has 0 unspecified atom stereocenters. The maximum Gasteiger partial charge on any atom is 0.244 e. The van der Waals surface area contributed by atoms with E-state index in [1.54, 1.807) is 0 Å². The summed E-state index contributed by atoms with van der Waals surface area (Å²) in [6.07, 6.45) is 3.27. The van der Waals surface area contributed by atoms with Gasteiger partial charge in [0.25, 0.3) is 0 Å². The third-order valence-corrected chi connectivity index (χ3v) is 4.36. The van der Waals surface area contributed by atoms with Gasteiger partial charge in [0.15, 0.2) is 5.82 Å². The fraction of sp³-hybridized carbons (Fsp3) is 0.467. The predicted molar refractivity (Wildman–Crippen MR) is 70.6 cm³/mol. The fourth-order valence-electron chi connectivity index (χ4n) is 2.66. The Morgan fingerprint density at radius 3 is 2.84 bits per heavy atom. The first-order chi connectivity index (χ1) is 9.24. The third kappa shape index (κ3) is 1.87. The minimum atomic E-state index is 0.151. The van der Waals surface area contributed by atoms with Crippen molar-refractivity contribution in [3.05, 3.63) is 47.1 Å². The molecule has 0 saturated heterocycles. The molecule has 1 saturated carbocycles. The number of nitrogens with one attached hydrogen (secondary N) is 1. The normalized spacial score (nSPS) is 23.9. The van der Waals surface area contributed by atoms with Crippen molar-refractivity contribution in [2.45, 2.75) is 44.2 Å². The summed E-state index contributed by atoms with van der Waals surface area (Å²) in [5.74, 6) is 1.61. The van der Waals surface area contributed by atoms with E-state index in [9.17, 15) is 0 Å². The van der Waals surface area contributed by atoms with Crippen molar-refractivity contribution < 1.29 is 4.52 Å². The number of benzene rings is 1. The summed E-state index contributed by atoms with van der Waals surface area (Å²) in [6, 6.07) is 8.68. The average Bonchev–Trinajstić information content (AvgIpc) is 3.02. The summed E-state index contributed by atoms with van der Waals surface area (Å²) < 4.78 is 5.46. The van der Waals surface area contributed by atoms with Crippen molar-refractivity contribution in [3.63, 3.8) is 0 Å². The maximum absolute atomic E-state index is 5.46. The molecule has 4 nitrogen and oxygen atoms in total. The zero-order valence-corrected chi connectivity index (χ0v) is 11.0. The van der Waals surface area contributed by atoms with E-state index in [1.165, 1.54) is 24.0 Å². The molecule has 1 N–H and O–H groups in total. The lowest BCUT2D eigenvalue weighted by Crippen LogP contribution is -2.28. The Kier molecular flexibility index (Phi) is 2.30. The molecule has 1 aromatic heterocycles. The number of nitrogens with zero attached hydrogens (tertiary/aromatic N) is 2. The molecule has 0 radical (unpaired) electrons. The maximum atomic E-state index is 5.46. The molecule has 19 heavy (non-hydrogen) atoms. The van der Waals surface area contributed by atoms with Crippen LogP contribution in [0.2, 0.25) is 0 Å². The van der Waals surface area contributed by atoms with E-state index in [1.807, 2.05) is 0 Å². The second kappa shape index (κ2) is 3.90. The first-order valence-corrected chi connectivity index (χ1v) is 6.89. The largest absolute Gasteiger partial charge is 0.338 e. The van der Waals surface area contributed by atoms with Crippen LogP contribution in [0.3, 0.4) is 0 Å². The van der Waals surface area contributed by atoms with Crippen molar-refractivity contribution in [1.29, 1.82) is 0 Å². The molecule has 2 aliphatic rings. The summed E-state index contributed by atoms with van der Waals surface area (Å²) in [6.45, 7) is 3.07. The quantitative estimate of drug-likeness (QED) is 0.895. The zero-order chi connectivity index (χ0) is 12.9. The summed E-state index contributed by atoms with van der Waals surface area (Å²) in [5.41, 5.74) is 2.92. The molecule has 4 heteroatoms. The smallest absolute Gasteiger partial charge is 0.244 e. The number of hydrogen-bond donors (Lipinski definition) is 1. The van der Waals surface area contributed by atoms with E-state index in [4.69, 9.17) is 4.52 Å². The van der Waals surface area contributed by atoms with Crippen LogP contribution in [-0.4, -0.2) is 10.1 Å². The highest BCUT2D eigenvalue weighted by molar-refractivity contribution is 5.30. The summed E-state index contributed by atoms with van der Waals surface area (Å²) in [4.78, 5) is 4.60. The molecule has 1 aliphatic carbocycles. The van der Waals surface area contributed by atoms with Gasteiger partial charge in [0.2, 0.25) is 5.89 Å². The second-order valence-corrected chi connectivity index (χ2v) is 5.92. The van der Waals surface area contributed by atoms with Gasteiger partial charge in [-0.05, 0) is 30.4 Å². The van der Waals surface area contributed by atoms with Crippen LogP contribution in [0.5, 0.6) is 0 Å². The monoisotopic (exact) mass is 255 g/mol. The van der Waals surface area contributed by atoms with Crippen LogP contribution in [0, 0.1) is 0 Å². The zero-order valence-electron chi connectivity index (χ0n) is 11.0. The lowest BCUT2D eigenvalue weighted by atomic mass is 9.96. The van der Waals surface area contributed by atoms with Crippen LogP contribution < -0.4 is 5.32 Å². The molecular weight excluding hydrogens is 238 g/mol. The van der Waals surface area contributed by atoms with E-state index in [-0.39, 0.29) is 11.5 Å². The standard InChI is InChI=1S/C15H17N3O/c1-15(6-7-15)14-17-13(19-18-14)12-8-10-4-2-3-5-11(10)9-16-12/h2-5,12,16H,6-9H2,1H3/t12-/m0/s1. The van der Waals surface area contributed by atoms with Crippen LogP contribution in [0.4, 0.5) is 0 Å². The van der Waals surface area contributed by atoms with Gasteiger partial charge in [0, 0.05) is 12.0 Å². The molecular formula is C15H17N3O. The Bertz CT molecular complexity index is 615. The molecule has 0 spiro atoms. The van der Waals surface area contributed by atoms with Crippen LogP contribution in [-0.2, 0) is 18.4 Å². The van der Waals surface area contributed by atoms with Crippen molar-refractivity contribution >= 4 is 0 Å². The molecule has 0 bridgehead atoms. The minimum absolute atomic E-state index is 0.151. The molecule has 2 aromatic rings. The summed E-state index contributed by atoms with van der Waals surface area (Å²) >= 11 is 0. The lowest BCUT2D eigenvalue weighted by molar-refractivity contribution is 0.317. The Balaban J connectivity index is 1.59. The molecule has 2 heterocycles. The topological polar surface area (TPSA) is 51.0 Å². The van der Waals surface area contributed by atoms with Crippen LogP contribution in [0.15, 0.2) is 28.8 Å². The van der Waals surface area contributed by atoms with Crippen LogP contribution >= 0.6 is 0 Å². The Labute approximate surface area is 112 Å². The van der Waals surface area contributed by atoms with Gasteiger partial charge in [-0.15, -0.1) is 0 Å². The highest BCUT2D eigenvalue weighted by atomic mass is 16.5. The van der Waals surface area contributed by atoms with E-state index in [2.05, 4.69) is 46.6 Å². The van der Waals surface area contributed by atoms with Crippen molar-refractivity contribution in [3.8, 4) is 0 Å². The van der Waals surface area contributed by atoms with Crippen LogP contribution in [0.25, 0.3) is 0 Å². The minimum Gasteiger partial charge on any atom is -0.338 e. The number of aromatic nitrogens is 2. The second-order valence-electron chi connectivity index (χ2n) is 5.92. The van der Waals surface area contributed by atoms with Gasteiger partial charge in [-0.25, -0.2) is 0 Å². The van der Waals surface area contributed by atoms with E-state index in [0.717, 1.165) is 24.7 Å². The number of hydrogen-bond acceptors (Lipinski definition) is 4. The van der Waals surface area contributed by atoms with Gasteiger partial charge in [0.05, 0.1) is 6.04 Å². The average molecular weight is 255 g/mol. The first-order valence-electron chi connectivity index (χ1n) is 6.89. The van der Waals surface area contributed by atoms with Crippen LogP contribution in [0.1, 0.15) is 48.6 Å². The highest BCUT2D eigenvalue weighted by Crippen LogP contribution is 2.46. The summed E-state index contributed by atoms with van der Waals surface area (Å²) in [7, 11) is 0.